The molecule has 1 atom stereocenters. The van der Waals surface area contributed by atoms with Gasteiger partial charge in [0.25, 0.3) is 5.91 Å². The van der Waals surface area contributed by atoms with E-state index in [1.807, 2.05) is 0 Å². The topological polar surface area (TPSA) is 57.6 Å². The number of carbonyl (C=O) groups excluding carboxylic acids is 1. The highest BCUT2D eigenvalue weighted by molar-refractivity contribution is 7.12. The van der Waals surface area contributed by atoms with Gasteiger partial charge in [-0.3, -0.25) is 4.79 Å². The van der Waals surface area contributed by atoms with Crippen LogP contribution in [-0.4, -0.2) is 35.0 Å². The number of halogens is 2. The average molecular weight is 339 g/mol. The number of hydrogen-bond donors (Lipinski definition) is 1. The van der Waals surface area contributed by atoms with Crippen LogP contribution >= 0.6 is 11.3 Å². The van der Waals surface area contributed by atoms with Crippen molar-refractivity contribution in [3.05, 3.63) is 57.3 Å². The third-order valence-electron chi connectivity index (χ3n) is 3.60. The number of aromatic carboxylic acids is 1. The number of carbonyl (C=O) groups is 2. The summed E-state index contributed by atoms with van der Waals surface area (Å²) >= 11 is 1.02. The number of nitrogens with zero attached hydrogens (tertiary/aromatic N) is 1. The lowest BCUT2D eigenvalue weighted by Crippen LogP contribution is -2.36. The predicted molar refractivity (Wildman–Crippen MR) is 82.9 cm³/mol. The van der Waals surface area contributed by atoms with Crippen molar-refractivity contribution in [2.45, 2.75) is 19.4 Å². The van der Waals surface area contributed by atoms with E-state index in [0.717, 1.165) is 11.3 Å². The largest absolute Gasteiger partial charge is 0.478 e. The molecular weight excluding hydrogens is 324 g/mol. The highest BCUT2D eigenvalue weighted by atomic mass is 32.1. The molecule has 23 heavy (non-hydrogen) atoms. The van der Waals surface area contributed by atoms with Gasteiger partial charge in [-0.05, 0) is 31.5 Å². The van der Waals surface area contributed by atoms with Crippen molar-refractivity contribution in [1.82, 2.24) is 4.90 Å². The maximum Gasteiger partial charge on any atom is 0.336 e. The molecule has 1 heterocycles. The quantitative estimate of drug-likeness (QED) is 0.908. The monoisotopic (exact) mass is 339 g/mol. The van der Waals surface area contributed by atoms with Gasteiger partial charge >= 0.3 is 5.97 Å². The fourth-order valence-corrected chi connectivity index (χ4v) is 2.96. The molecule has 1 N–H and O–H groups in total. The van der Waals surface area contributed by atoms with E-state index in [1.54, 1.807) is 6.92 Å². The second-order valence-electron chi connectivity index (χ2n) is 5.17. The van der Waals surface area contributed by atoms with Crippen LogP contribution in [0.1, 0.15) is 32.5 Å². The van der Waals surface area contributed by atoms with Crippen molar-refractivity contribution in [3.8, 4) is 0 Å². The van der Waals surface area contributed by atoms with Crippen molar-refractivity contribution in [3.63, 3.8) is 0 Å². The van der Waals surface area contributed by atoms with Gasteiger partial charge in [0.15, 0.2) is 0 Å². The van der Waals surface area contributed by atoms with Gasteiger partial charge < -0.3 is 10.0 Å². The standard InChI is InChI=1S/C16H15F2NO3S/c1-9(6-11-12(17)4-3-5-13(11)18)19(2)15(20)14-7-10(8-23-14)16(21)22/h3-5,7-9H,6H2,1-2H3,(H,21,22)/t9-/m0/s1. The minimum atomic E-state index is -1.11. The van der Waals surface area contributed by atoms with Crippen LogP contribution in [0.2, 0.25) is 0 Å². The maximum atomic E-state index is 13.7. The molecule has 7 heteroatoms. The third kappa shape index (κ3) is 3.73. The molecule has 122 valence electrons. The van der Waals surface area contributed by atoms with E-state index in [1.165, 1.54) is 41.6 Å². The summed E-state index contributed by atoms with van der Waals surface area (Å²) in [7, 11) is 1.52. The normalized spacial score (nSPS) is 12.0. The van der Waals surface area contributed by atoms with Gasteiger partial charge in [-0.25, -0.2) is 13.6 Å². The van der Waals surface area contributed by atoms with Gasteiger partial charge in [-0.15, -0.1) is 11.3 Å². The molecule has 0 bridgehead atoms. The van der Waals surface area contributed by atoms with Crippen molar-refractivity contribution in [1.29, 1.82) is 0 Å². The fourth-order valence-electron chi connectivity index (χ4n) is 2.09. The Morgan fingerprint density at radius 2 is 1.91 bits per heavy atom. The molecule has 0 aliphatic rings. The van der Waals surface area contributed by atoms with E-state index in [-0.39, 0.29) is 28.3 Å². The van der Waals surface area contributed by atoms with Crippen molar-refractivity contribution >= 4 is 23.2 Å². The summed E-state index contributed by atoms with van der Waals surface area (Å²) in [5.41, 5.74) is -0.0309. The van der Waals surface area contributed by atoms with E-state index in [4.69, 9.17) is 5.11 Å². The molecule has 0 fully saturated rings. The van der Waals surface area contributed by atoms with E-state index in [9.17, 15) is 18.4 Å². The Balaban J connectivity index is 2.13. The van der Waals surface area contributed by atoms with Crippen molar-refractivity contribution in [2.24, 2.45) is 0 Å². The summed E-state index contributed by atoms with van der Waals surface area (Å²) in [5.74, 6) is -2.79. The highest BCUT2D eigenvalue weighted by Gasteiger charge is 2.22. The molecule has 4 nitrogen and oxygen atoms in total. The van der Waals surface area contributed by atoms with Crippen molar-refractivity contribution < 1.29 is 23.5 Å². The Morgan fingerprint density at radius 3 is 2.43 bits per heavy atom. The molecule has 1 aromatic heterocycles. The maximum absolute atomic E-state index is 13.7. The molecule has 0 saturated carbocycles. The number of rotatable bonds is 5. The molecule has 1 aromatic carbocycles. The number of likely N-dealkylation sites (N-methyl/N-ethyl adjacent to an activating group) is 1. The number of hydrogen-bond acceptors (Lipinski definition) is 3. The Kier molecular flexibility index (Phi) is 5.10. The predicted octanol–water partition coefficient (Wildman–Crippen LogP) is 3.43. The van der Waals surface area contributed by atoms with Gasteiger partial charge in [0, 0.05) is 24.0 Å². The number of benzene rings is 1. The first-order chi connectivity index (χ1) is 10.8. The summed E-state index contributed by atoms with van der Waals surface area (Å²) in [6.45, 7) is 1.68. The summed E-state index contributed by atoms with van der Waals surface area (Å²) in [4.78, 5) is 24.8. The molecular formula is C16H15F2NO3S. The first kappa shape index (κ1) is 17.1. The number of thiophene rings is 1. The van der Waals surface area contributed by atoms with Gasteiger partial charge in [-0.1, -0.05) is 6.07 Å². The molecule has 0 radical (unpaired) electrons. The zero-order valence-electron chi connectivity index (χ0n) is 12.5. The average Bonchev–Trinajstić information content (AvgIpc) is 2.99. The second-order valence-corrected chi connectivity index (χ2v) is 6.09. The molecule has 0 aliphatic heterocycles. The molecule has 0 saturated heterocycles. The third-order valence-corrected chi connectivity index (χ3v) is 4.52. The van der Waals surface area contributed by atoms with Gasteiger partial charge in [-0.2, -0.15) is 0 Å². The van der Waals surface area contributed by atoms with E-state index < -0.39 is 23.6 Å². The van der Waals surface area contributed by atoms with Crippen LogP contribution in [0, 0.1) is 11.6 Å². The number of carboxylic acid groups (broad SMARTS) is 1. The van der Waals surface area contributed by atoms with E-state index in [0.29, 0.717) is 0 Å². The smallest absolute Gasteiger partial charge is 0.336 e. The Bertz CT molecular complexity index is 724. The van der Waals surface area contributed by atoms with Crippen LogP contribution in [0.4, 0.5) is 8.78 Å². The minimum absolute atomic E-state index is 0.0257. The molecule has 2 rings (SSSR count). The van der Waals surface area contributed by atoms with Gasteiger partial charge in [0.05, 0.1) is 10.4 Å². The molecule has 0 spiro atoms. The minimum Gasteiger partial charge on any atom is -0.478 e. The molecule has 2 aromatic rings. The lowest BCUT2D eigenvalue weighted by atomic mass is 10.0. The molecule has 1 amide bonds. The van der Waals surface area contributed by atoms with E-state index >= 15 is 0 Å². The van der Waals surface area contributed by atoms with E-state index in [2.05, 4.69) is 0 Å². The number of carboxylic acids is 1. The van der Waals surface area contributed by atoms with Crippen LogP contribution in [0.25, 0.3) is 0 Å². The number of amides is 1. The summed E-state index contributed by atoms with van der Waals surface area (Å²) < 4.78 is 27.4. The second kappa shape index (κ2) is 6.87. The van der Waals surface area contributed by atoms with Crippen molar-refractivity contribution in [2.75, 3.05) is 7.05 Å². The van der Waals surface area contributed by atoms with Gasteiger partial charge in [0.1, 0.15) is 11.6 Å². The molecule has 0 aliphatic carbocycles. The lowest BCUT2D eigenvalue weighted by Gasteiger charge is -2.25. The summed E-state index contributed by atoms with van der Waals surface area (Å²) in [5, 5.41) is 10.3. The van der Waals surface area contributed by atoms with Crippen LogP contribution in [0.15, 0.2) is 29.6 Å². The zero-order valence-corrected chi connectivity index (χ0v) is 13.4. The molecule has 0 unspecified atom stereocenters. The zero-order chi connectivity index (χ0) is 17.1. The highest BCUT2D eigenvalue weighted by Crippen LogP contribution is 2.20. The van der Waals surface area contributed by atoms with Crippen LogP contribution in [0.5, 0.6) is 0 Å². The first-order valence-corrected chi connectivity index (χ1v) is 7.71. The van der Waals surface area contributed by atoms with Crippen LogP contribution in [-0.2, 0) is 6.42 Å². The lowest BCUT2D eigenvalue weighted by molar-refractivity contribution is 0.0697. The van der Waals surface area contributed by atoms with Crippen LogP contribution in [0.3, 0.4) is 0 Å². The Morgan fingerprint density at radius 1 is 1.30 bits per heavy atom. The summed E-state index contributed by atoms with van der Waals surface area (Å²) in [6.07, 6.45) is 0.0257. The Labute approximate surface area is 136 Å². The first-order valence-electron chi connectivity index (χ1n) is 6.83. The van der Waals surface area contributed by atoms with Gasteiger partial charge in [0.2, 0.25) is 0 Å². The SMILES string of the molecule is C[C@@H](Cc1c(F)cccc1F)N(C)C(=O)c1cc(C(=O)O)cs1. The van der Waals surface area contributed by atoms with Crippen LogP contribution < -0.4 is 0 Å². The fraction of sp³-hybridized carbons (Fsp3) is 0.250. The Hall–Kier alpha value is -2.28. The summed E-state index contributed by atoms with van der Waals surface area (Å²) in [6, 6.07) is 4.47.